The van der Waals surface area contributed by atoms with Crippen LogP contribution in [0.4, 0.5) is 0 Å². The standard InChI is InChI=1S/C12H22N2OS/c1-4-6-11(9-13)12(15)14-10(3)7-8-16-5-2/h10-11H,4-8H2,1-3H3,(H,14,15). The Morgan fingerprint density at radius 3 is 2.62 bits per heavy atom. The minimum atomic E-state index is -0.480. The van der Waals surface area contributed by atoms with Gasteiger partial charge >= 0.3 is 0 Å². The highest BCUT2D eigenvalue weighted by atomic mass is 32.2. The number of nitrogens with one attached hydrogen (secondary N) is 1. The number of carbonyl (C=O) groups is 1. The average Bonchev–Trinajstić information content (AvgIpc) is 2.26. The average molecular weight is 242 g/mol. The van der Waals surface area contributed by atoms with Crippen LogP contribution in [0.1, 0.15) is 40.0 Å². The third kappa shape index (κ3) is 6.73. The van der Waals surface area contributed by atoms with Gasteiger partial charge in [-0.1, -0.05) is 20.3 Å². The van der Waals surface area contributed by atoms with E-state index in [0.29, 0.717) is 6.42 Å². The number of hydrogen-bond donors (Lipinski definition) is 1. The van der Waals surface area contributed by atoms with Gasteiger partial charge in [0.25, 0.3) is 0 Å². The smallest absolute Gasteiger partial charge is 0.237 e. The monoisotopic (exact) mass is 242 g/mol. The van der Waals surface area contributed by atoms with Crippen molar-refractivity contribution < 1.29 is 4.79 Å². The molecule has 1 amide bonds. The van der Waals surface area contributed by atoms with Crippen molar-refractivity contribution in [3.8, 4) is 6.07 Å². The molecule has 0 saturated heterocycles. The van der Waals surface area contributed by atoms with Crippen molar-refractivity contribution >= 4 is 17.7 Å². The molecular weight excluding hydrogens is 220 g/mol. The molecule has 1 N–H and O–H groups in total. The fraction of sp³-hybridized carbons (Fsp3) is 0.833. The van der Waals surface area contributed by atoms with Crippen molar-refractivity contribution in [2.75, 3.05) is 11.5 Å². The number of nitrogens with zero attached hydrogens (tertiary/aromatic N) is 1. The van der Waals surface area contributed by atoms with E-state index in [2.05, 4.69) is 18.3 Å². The summed E-state index contributed by atoms with van der Waals surface area (Å²) >= 11 is 1.87. The summed E-state index contributed by atoms with van der Waals surface area (Å²) in [6.07, 6.45) is 2.49. The van der Waals surface area contributed by atoms with Gasteiger partial charge in [0, 0.05) is 6.04 Å². The third-order valence-electron chi connectivity index (χ3n) is 2.34. The van der Waals surface area contributed by atoms with Crippen LogP contribution in [0.2, 0.25) is 0 Å². The number of amides is 1. The van der Waals surface area contributed by atoms with Crippen molar-refractivity contribution in [1.29, 1.82) is 5.26 Å². The number of rotatable bonds is 8. The Morgan fingerprint density at radius 1 is 1.44 bits per heavy atom. The van der Waals surface area contributed by atoms with Crippen LogP contribution in [-0.4, -0.2) is 23.5 Å². The summed E-state index contributed by atoms with van der Waals surface area (Å²) in [6, 6.07) is 2.22. The molecule has 0 aliphatic carbocycles. The van der Waals surface area contributed by atoms with Gasteiger partial charge in [0.2, 0.25) is 5.91 Å². The van der Waals surface area contributed by atoms with E-state index in [9.17, 15) is 4.79 Å². The Labute approximate surface area is 103 Å². The zero-order chi connectivity index (χ0) is 12.4. The summed E-state index contributed by atoms with van der Waals surface area (Å²) in [5, 5.41) is 11.7. The summed E-state index contributed by atoms with van der Waals surface area (Å²) in [7, 11) is 0. The first-order chi connectivity index (χ1) is 7.65. The predicted molar refractivity (Wildman–Crippen MR) is 69.2 cm³/mol. The molecule has 0 rings (SSSR count). The van der Waals surface area contributed by atoms with Crippen LogP contribution in [0.15, 0.2) is 0 Å². The summed E-state index contributed by atoms with van der Waals surface area (Å²) in [6.45, 7) is 6.11. The topological polar surface area (TPSA) is 52.9 Å². The van der Waals surface area contributed by atoms with E-state index in [1.165, 1.54) is 0 Å². The van der Waals surface area contributed by atoms with Gasteiger partial charge in [-0.25, -0.2) is 0 Å². The van der Waals surface area contributed by atoms with Gasteiger partial charge in [0.1, 0.15) is 5.92 Å². The van der Waals surface area contributed by atoms with Crippen molar-refractivity contribution in [3.63, 3.8) is 0 Å². The summed E-state index contributed by atoms with van der Waals surface area (Å²) < 4.78 is 0. The molecule has 0 spiro atoms. The van der Waals surface area contributed by atoms with E-state index < -0.39 is 5.92 Å². The second-order valence-corrected chi connectivity index (χ2v) is 5.26. The Morgan fingerprint density at radius 2 is 2.12 bits per heavy atom. The molecule has 92 valence electrons. The first-order valence-corrected chi connectivity index (χ1v) is 7.08. The minimum Gasteiger partial charge on any atom is -0.352 e. The van der Waals surface area contributed by atoms with Gasteiger partial charge in [-0.15, -0.1) is 0 Å². The lowest BCUT2D eigenvalue weighted by Gasteiger charge is -2.15. The number of thioether (sulfide) groups is 1. The molecule has 0 heterocycles. The molecular formula is C12H22N2OS. The molecule has 2 unspecified atom stereocenters. The number of carbonyl (C=O) groups excluding carboxylic acids is 1. The number of nitriles is 1. The molecule has 0 aromatic heterocycles. The van der Waals surface area contributed by atoms with E-state index >= 15 is 0 Å². The van der Waals surface area contributed by atoms with Gasteiger partial charge in [0.05, 0.1) is 6.07 Å². The van der Waals surface area contributed by atoms with E-state index in [4.69, 9.17) is 5.26 Å². The van der Waals surface area contributed by atoms with Crippen molar-refractivity contribution in [1.82, 2.24) is 5.32 Å². The molecule has 0 bridgehead atoms. The maximum atomic E-state index is 11.7. The zero-order valence-corrected chi connectivity index (χ0v) is 11.3. The number of hydrogen-bond acceptors (Lipinski definition) is 3. The highest BCUT2D eigenvalue weighted by Crippen LogP contribution is 2.07. The van der Waals surface area contributed by atoms with Crippen LogP contribution in [-0.2, 0) is 4.79 Å². The molecule has 0 aliphatic heterocycles. The predicted octanol–water partition coefficient (Wildman–Crippen LogP) is 2.57. The van der Waals surface area contributed by atoms with Gasteiger partial charge in [0.15, 0.2) is 0 Å². The molecule has 3 nitrogen and oxygen atoms in total. The summed E-state index contributed by atoms with van der Waals surface area (Å²) in [5.74, 6) is 1.57. The van der Waals surface area contributed by atoms with Gasteiger partial charge < -0.3 is 5.32 Å². The van der Waals surface area contributed by atoms with Crippen LogP contribution in [0, 0.1) is 17.2 Å². The molecule has 16 heavy (non-hydrogen) atoms. The summed E-state index contributed by atoms with van der Waals surface area (Å²) in [5.41, 5.74) is 0. The van der Waals surface area contributed by atoms with E-state index in [1.807, 2.05) is 25.6 Å². The molecule has 4 heteroatoms. The molecule has 0 aliphatic rings. The molecule has 0 aromatic carbocycles. The second kappa shape index (κ2) is 9.53. The van der Waals surface area contributed by atoms with Crippen LogP contribution >= 0.6 is 11.8 Å². The lowest BCUT2D eigenvalue weighted by atomic mass is 10.0. The Bertz CT molecular complexity index is 238. The second-order valence-electron chi connectivity index (χ2n) is 3.87. The fourth-order valence-electron chi connectivity index (χ4n) is 1.36. The maximum Gasteiger partial charge on any atom is 0.237 e. The first-order valence-electron chi connectivity index (χ1n) is 5.93. The minimum absolute atomic E-state index is 0.113. The zero-order valence-electron chi connectivity index (χ0n) is 10.5. The highest BCUT2D eigenvalue weighted by molar-refractivity contribution is 7.99. The largest absolute Gasteiger partial charge is 0.352 e. The third-order valence-corrected chi connectivity index (χ3v) is 3.27. The van der Waals surface area contributed by atoms with Gasteiger partial charge in [-0.3, -0.25) is 4.79 Å². The lowest BCUT2D eigenvalue weighted by molar-refractivity contribution is -0.124. The van der Waals surface area contributed by atoms with Crippen molar-refractivity contribution in [2.24, 2.45) is 5.92 Å². The van der Waals surface area contributed by atoms with Crippen LogP contribution in [0.25, 0.3) is 0 Å². The molecule has 0 radical (unpaired) electrons. The Balaban J connectivity index is 3.88. The van der Waals surface area contributed by atoms with E-state index in [1.54, 1.807) is 0 Å². The van der Waals surface area contributed by atoms with Crippen LogP contribution in [0.3, 0.4) is 0 Å². The van der Waals surface area contributed by atoms with Gasteiger partial charge in [-0.05, 0) is 31.3 Å². The van der Waals surface area contributed by atoms with Crippen molar-refractivity contribution in [2.45, 2.75) is 46.1 Å². The maximum absolute atomic E-state index is 11.7. The molecule has 2 atom stereocenters. The molecule has 0 fully saturated rings. The first kappa shape index (κ1) is 15.3. The molecule has 0 saturated carbocycles. The van der Waals surface area contributed by atoms with Crippen LogP contribution < -0.4 is 5.32 Å². The summed E-state index contributed by atoms with van der Waals surface area (Å²) in [4.78, 5) is 11.7. The molecule has 0 aromatic rings. The lowest BCUT2D eigenvalue weighted by Crippen LogP contribution is -2.37. The normalized spacial score (nSPS) is 13.9. The SMILES string of the molecule is CCCC(C#N)C(=O)NC(C)CCSCC. The van der Waals surface area contributed by atoms with Gasteiger partial charge in [-0.2, -0.15) is 17.0 Å². The Kier molecular flexibility index (Phi) is 9.12. The Hall–Kier alpha value is -0.690. The van der Waals surface area contributed by atoms with E-state index in [-0.39, 0.29) is 11.9 Å². The van der Waals surface area contributed by atoms with Crippen molar-refractivity contribution in [3.05, 3.63) is 0 Å². The fourth-order valence-corrected chi connectivity index (χ4v) is 2.17. The van der Waals surface area contributed by atoms with Crippen LogP contribution in [0.5, 0.6) is 0 Å². The highest BCUT2D eigenvalue weighted by Gasteiger charge is 2.18. The quantitative estimate of drug-likeness (QED) is 0.666. The van der Waals surface area contributed by atoms with E-state index in [0.717, 1.165) is 24.3 Å².